The van der Waals surface area contributed by atoms with Crippen LogP contribution in [-0.2, 0) is 12.0 Å². The first-order chi connectivity index (χ1) is 13.8. The number of benzene rings is 1. The fraction of sp³-hybridized carbons (Fsp3) is 0.600. The molecule has 0 bridgehead atoms. The maximum absolute atomic E-state index is 13.3. The van der Waals surface area contributed by atoms with Crippen molar-refractivity contribution in [1.82, 2.24) is 4.57 Å². The number of unbranched alkanes of at least 4 members (excludes halogenated alkanes) is 2. The SMILES string of the molecule is CCCCCn1c(=O)c(C=NC2CCCCC2)c(O)c2cc(C(C)(C)C)ccc21. The van der Waals surface area contributed by atoms with Gasteiger partial charge in [-0.1, -0.05) is 65.9 Å². The van der Waals surface area contributed by atoms with Crippen molar-refractivity contribution in [1.29, 1.82) is 0 Å². The average Bonchev–Trinajstić information content (AvgIpc) is 2.70. The zero-order valence-corrected chi connectivity index (χ0v) is 18.5. The zero-order chi connectivity index (χ0) is 21.0. The van der Waals surface area contributed by atoms with Crippen LogP contribution < -0.4 is 5.56 Å². The van der Waals surface area contributed by atoms with E-state index in [0.717, 1.165) is 48.6 Å². The first-order valence-electron chi connectivity index (χ1n) is 11.3. The number of pyridine rings is 1. The van der Waals surface area contributed by atoms with E-state index in [1.54, 1.807) is 6.21 Å². The van der Waals surface area contributed by atoms with Gasteiger partial charge in [0.15, 0.2) is 0 Å². The Balaban J connectivity index is 2.12. The van der Waals surface area contributed by atoms with Gasteiger partial charge in [-0.15, -0.1) is 0 Å². The van der Waals surface area contributed by atoms with E-state index in [2.05, 4.69) is 33.8 Å². The largest absolute Gasteiger partial charge is 0.506 e. The van der Waals surface area contributed by atoms with Crippen LogP contribution in [0.1, 0.15) is 90.2 Å². The van der Waals surface area contributed by atoms with Gasteiger partial charge in [0.2, 0.25) is 0 Å². The summed E-state index contributed by atoms with van der Waals surface area (Å²) >= 11 is 0. The molecule has 0 atom stereocenters. The number of fused-ring (bicyclic) bond motifs is 1. The molecule has 1 N–H and O–H groups in total. The van der Waals surface area contributed by atoms with Gasteiger partial charge in [-0.2, -0.15) is 0 Å². The minimum absolute atomic E-state index is 0.0276. The molecular weight excluding hydrogens is 360 g/mol. The lowest BCUT2D eigenvalue weighted by Crippen LogP contribution is -2.25. The van der Waals surface area contributed by atoms with Crippen LogP contribution in [0.2, 0.25) is 0 Å². The van der Waals surface area contributed by atoms with Gasteiger partial charge in [0, 0.05) is 24.2 Å². The Bertz CT molecular complexity index is 928. The van der Waals surface area contributed by atoms with Gasteiger partial charge in [-0.05, 0) is 42.4 Å². The molecule has 1 saturated carbocycles. The van der Waals surface area contributed by atoms with Gasteiger partial charge in [0.1, 0.15) is 11.3 Å². The monoisotopic (exact) mass is 396 g/mol. The van der Waals surface area contributed by atoms with Crippen molar-refractivity contribution in [3.63, 3.8) is 0 Å². The van der Waals surface area contributed by atoms with Crippen LogP contribution in [0.15, 0.2) is 28.0 Å². The van der Waals surface area contributed by atoms with Crippen LogP contribution in [0, 0.1) is 0 Å². The van der Waals surface area contributed by atoms with Gasteiger partial charge in [-0.25, -0.2) is 0 Å². The normalized spacial score (nSPS) is 16.1. The number of aliphatic imine (C=N–C) groups is 1. The van der Waals surface area contributed by atoms with Crippen LogP contribution in [0.3, 0.4) is 0 Å². The number of hydrogen-bond donors (Lipinski definition) is 1. The van der Waals surface area contributed by atoms with Crippen molar-refractivity contribution < 1.29 is 5.11 Å². The Labute approximate surface area is 174 Å². The summed E-state index contributed by atoms with van der Waals surface area (Å²) in [5, 5.41) is 11.8. The summed E-state index contributed by atoms with van der Waals surface area (Å²) in [5.74, 6) is 0.0717. The summed E-state index contributed by atoms with van der Waals surface area (Å²) in [5.41, 5.74) is 2.14. The molecule has 1 aromatic heterocycles. The molecule has 1 aliphatic carbocycles. The number of rotatable bonds is 6. The summed E-state index contributed by atoms with van der Waals surface area (Å²) in [6.45, 7) is 9.31. The van der Waals surface area contributed by atoms with Crippen LogP contribution in [-0.4, -0.2) is 21.9 Å². The first kappa shape index (κ1) is 21.6. The highest BCUT2D eigenvalue weighted by Gasteiger charge is 2.20. The van der Waals surface area contributed by atoms with E-state index in [1.165, 1.54) is 19.3 Å². The van der Waals surface area contributed by atoms with E-state index in [4.69, 9.17) is 4.99 Å². The van der Waals surface area contributed by atoms with Crippen LogP contribution >= 0.6 is 0 Å². The molecule has 3 rings (SSSR count). The van der Waals surface area contributed by atoms with Gasteiger partial charge < -0.3 is 9.67 Å². The van der Waals surface area contributed by atoms with Crippen molar-refractivity contribution in [2.24, 2.45) is 4.99 Å². The third-order valence-corrected chi connectivity index (χ3v) is 6.11. The molecule has 0 unspecified atom stereocenters. The quantitative estimate of drug-likeness (QED) is 0.485. The van der Waals surface area contributed by atoms with Crippen LogP contribution in [0.4, 0.5) is 0 Å². The molecule has 4 heteroatoms. The van der Waals surface area contributed by atoms with E-state index >= 15 is 0 Å². The predicted molar refractivity (Wildman–Crippen MR) is 123 cm³/mol. The average molecular weight is 397 g/mol. The van der Waals surface area contributed by atoms with Crippen molar-refractivity contribution in [2.45, 2.75) is 97.1 Å². The van der Waals surface area contributed by atoms with Crippen molar-refractivity contribution in [3.05, 3.63) is 39.7 Å². The molecule has 0 saturated heterocycles. The second kappa shape index (κ2) is 9.15. The van der Waals surface area contributed by atoms with Gasteiger partial charge in [0.05, 0.1) is 5.52 Å². The molecule has 0 spiro atoms. The second-order valence-electron chi connectivity index (χ2n) is 9.48. The minimum atomic E-state index is -0.130. The molecule has 1 aliphatic rings. The summed E-state index contributed by atoms with van der Waals surface area (Å²) in [7, 11) is 0. The highest BCUT2D eigenvalue weighted by Crippen LogP contribution is 2.31. The zero-order valence-electron chi connectivity index (χ0n) is 18.5. The number of aryl methyl sites for hydroxylation is 1. The van der Waals surface area contributed by atoms with Crippen LogP contribution in [0.25, 0.3) is 10.9 Å². The fourth-order valence-corrected chi connectivity index (χ4v) is 4.20. The summed E-state index contributed by atoms with van der Waals surface area (Å²) in [6.07, 6.45) is 10.6. The topological polar surface area (TPSA) is 54.6 Å². The molecule has 158 valence electrons. The molecule has 2 aromatic rings. The standard InChI is InChI=1S/C25H36N2O2/c1-5-6-10-15-27-22-14-13-18(25(2,3)4)16-20(22)23(28)21(24(27)29)17-26-19-11-8-7-9-12-19/h13-14,16-17,19,28H,5-12,15H2,1-4H3. The molecule has 29 heavy (non-hydrogen) atoms. The number of aromatic hydroxyl groups is 1. The van der Waals surface area contributed by atoms with E-state index in [0.29, 0.717) is 12.1 Å². The minimum Gasteiger partial charge on any atom is -0.506 e. The van der Waals surface area contributed by atoms with E-state index < -0.39 is 0 Å². The smallest absolute Gasteiger partial charge is 0.263 e. The predicted octanol–water partition coefficient (Wildman–Crippen LogP) is 5.95. The molecule has 1 heterocycles. The first-order valence-corrected chi connectivity index (χ1v) is 11.3. The molecular formula is C25H36N2O2. The Morgan fingerprint density at radius 1 is 1.17 bits per heavy atom. The van der Waals surface area contributed by atoms with Crippen molar-refractivity contribution in [3.8, 4) is 5.75 Å². The van der Waals surface area contributed by atoms with Gasteiger partial charge in [0.25, 0.3) is 5.56 Å². The number of aromatic nitrogens is 1. The van der Waals surface area contributed by atoms with Gasteiger partial charge >= 0.3 is 0 Å². The molecule has 0 amide bonds. The highest BCUT2D eigenvalue weighted by atomic mass is 16.3. The Morgan fingerprint density at radius 3 is 2.55 bits per heavy atom. The summed E-state index contributed by atoms with van der Waals surface area (Å²) in [4.78, 5) is 18.0. The maximum atomic E-state index is 13.3. The maximum Gasteiger partial charge on any atom is 0.263 e. The lowest BCUT2D eigenvalue weighted by molar-refractivity contribution is 0.444. The van der Waals surface area contributed by atoms with E-state index in [1.807, 2.05) is 16.7 Å². The van der Waals surface area contributed by atoms with Crippen molar-refractivity contribution in [2.75, 3.05) is 0 Å². The summed E-state index contributed by atoms with van der Waals surface area (Å²) < 4.78 is 1.83. The van der Waals surface area contributed by atoms with E-state index in [9.17, 15) is 9.90 Å². The second-order valence-corrected chi connectivity index (χ2v) is 9.48. The Morgan fingerprint density at radius 2 is 1.90 bits per heavy atom. The Hall–Kier alpha value is -2.10. The molecule has 0 radical (unpaired) electrons. The number of hydrogen-bond acceptors (Lipinski definition) is 3. The third kappa shape index (κ3) is 4.91. The van der Waals surface area contributed by atoms with E-state index in [-0.39, 0.29) is 22.8 Å². The Kier molecular flexibility index (Phi) is 6.81. The lowest BCUT2D eigenvalue weighted by atomic mass is 9.86. The molecule has 1 aromatic carbocycles. The summed E-state index contributed by atoms with van der Waals surface area (Å²) in [6, 6.07) is 6.38. The lowest BCUT2D eigenvalue weighted by Gasteiger charge is -2.21. The van der Waals surface area contributed by atoms with Crippen LogP contribution in [0.5, 0.6) is 5.75 Å². The highest BCUT2D eigenvalue weighted by molar-refractivity contribution is 5.95. The van der Waals surface area contributed by atoms with Crippen molar-refractivity contribution >= 4 is 17.1 Å². The fourth-order valence-electron chi connectivity index (χ4n) is 4.20. The third-order valence-electron chi connectivity index (χ3n) is 6.11. The molecule has 0 aliphatic heterocycles. The molecule has 4 nitrogen and oxygen atoms in total. The van der Waals surface area contributed by atoms with Gasteiger partial charge in [-0.3, -0.25) is 9.79 Å². The number of nitrogens with zero attached hydrogens (tertiary/aromatic N) is 2. The molecule has 1 fully saturated rings.